The lowest BCUT2D eigenvalue weighted by atomic mass is 10.0. The van der Waals surface area contributed by atoms with Crippen molar-refractivity contribution in [2.45, 2.75) is 257 Å². The van der Waals surface area contributed by atoms with Gasteiger partial charge in [0.2, 0.25) is 0 Å². The number of hydrogen-bond donors (Lipinski definition) is 0. The van der Waals surface area contributed by atoms with Crippen LogP contribution in [-0.4, -0.2) is 6.61 Å². The van der Waals surface area contributed by atoms with Gasteiger partial charge in [-0.3, -0.25) is 0 Å². The molecule has 0 rings (SSSR count). The maximum atomic E-state index is 10.6. The highest BCUT2D eigenvalue weighted by Gasteiger charge is 2.03. The minimum absolute atomic E-state index is 0.0188. The summed E-state index contributed by atoms with van der Waals surface area (Å²) in [5.74, 6) is 0.319. The zero-order valence-corrected chi connectivity index (χ0v) is 48.9. The van der Waals surface area contributed by atoms with Crippen LogP contribution in [0.1, 0.15) is 257 Å². The van der Waals surface area contributed by atoms with Crippen molar-refractivity contribution in [3.8, 4) is 0 Å². The van der Waals surface area contributed by atoms with Gasteiger partial charge in [-0.15, -0.1) is 0 Å². The van der Waals surface area contributed by atoms with Crippen LogP contribution in [0.4, 0.5) is 0 Å². The molecule has 0 aliphatic carbocycles. The van der Waals surface area contributed by atoms with Crippen molar-refractivity contribution < 1.29 is 18.9 Å². The van der Waals surface area contributed by atoms with Crippen molar-refractivity contribution in [3.63, 3.8) is 0 Å². The van der Waals surface area contributed by atoms with E-state index in [1.165, 1.54) is 92.6 Å². The zero-order valence-electron chi connectivity index (χ0n) is 48.0. The Hall–Kier alpha value is -3.01. The van der Waals surface area contributed by atoms with Gasteiger partial charge >= 0.3 is 0 Å². The van der Waals surface area contributed by atoms with Gasteiger partial charge in [-0.05, 0) is 256 Å². The number of phosphoric ester groups is 1. The largest absolute Gasteiger partial charge is 0.790 e. The summed E-state index contributed by atoms with van der Waals surface area (Å²) in [5, 5.41) is 0. The third-order valence-electron chi connectivity index (χ3n) is 13.4. The molecular formula is C65H107O4P-2. The Labute approximate surface area is 434 Å². The van der Waals surface area contributed by atoms with Gasteiger partial charge in [0.1, 0.15) is 0 Å². The summed E-state index contributed by atoms with van der Waals surface area (Å²) in [4.78, 5) is 21.2. The molecule has 0 N–H and O–H groups in total. The Morgan fingerprint density at radius 2 is 0.514 bits per heavy atom. The lowest BCUT2D eigenvalue weighted by Crippen LogP contribution is -2.17. The first-order valence-electron chi connectivity index (χ1n) is 27.7. The predicted octanol–water partition coefficient (Wildman–Crippen LogP) is 20.6. The van der Waals surface area contributed by atoms with Crippen LogP contribution < -0.4 is 9.79 Å². The Kier molecular flexibility index (Phi) is 40.7. The molecule has 398 valence electrons. The van der Waals surface area contributed by atoms with Gasteiger partial charge in [-0.2, -0.15) is 0 Å². The molecule has 0 saturated carbocycles. The second-order valence-electron chi connectivity index (χ2n) is 21.5. The molecule has 0 bridgehead atoms. The van der Waals surface area contributed by atoms with Gasteiger partial charge in [0, 0.05) is 0 Å². The van der Waals surface area contributed by atoms with Crippen LogP contribution in [-0.2, 0) is 9.09 Å². The molecule has 0 amide bonds. The number of hydrogen-bond acceptors (Lipinski definition) is 4. The Morgan fingerprint density at radius 1 is 0.329 bits per heavy atom. The Bertz CT molecular complexity index is 1870. The van der Waals surface area contributed by atoms with Crippen LogP contribution in [0.3, 0.4) is 0 Å². The number of rotatable bonds is 40. The molecule has 0 aromatic rings. The van der Waals surface area contributed by atoms with Crippen molar-refractivity contribution in [1.29, 1.82) is 0 Å². The molecule has 1 atom stereocenters. The smallest absolute Gasteiger partial charge is 0.0596 e. The SMILES string of the molecule is CC(C)=CCC/C(C)=C/CC/C(C)=C/CC/C(C)=C\CC/C(C)=C\CC/C(C)=C\CC/C(C)=C\CC/C(C)=C\CC/C(C)=C\CC/C(C)=C\CC/C(C)=C\CC/C(C)=C\CCC(C)CCOP(=O)([O-])[O-]. The van der Waals surface area contributed by atoms with E-state index >= 15 is 0 Å². The van der Waals surface area contributed by atoms with E-state index in [1.807, 2.05) is 0 Å². The van der Waals surface area contributed by atoms with E-state index in [-0.39, 0.29) is 6.61 Å². The van der Waals surface area contributed by atoms with Crippen LogP contribution in [0.2, 0.25) is 0 Å². The number of phosphoric acid groups is 1. The fourth-order valence-corrected chi connectivity index (χ4v) is 8.63. The summed E-state index contributed by atoms with van der Waals surface area (Å²) in [6, 6.07) is 0. The van der Waals surface area contributed by atoms with Gasteiger partial charge in [-0.25, -0.2) is 0 Å². The summed E-state index contributed by atoms with van der Waals surface area (Å²) in [5.41, 5.74) is 17.9. The van der Waals surface area contributed by atoms with E-state index in [2.05, 4.69) is 174 Å². The average molecular weight is 984 g/mol. The van der Waals surface area contributed by atoms with E-state index < -0.39 is 7.82 Å². The average Bonchev–Trinajstić information content (AvgIpc) is 3.25. The van der Waals surface area contributed by atoms with Gasteiger partial charge in [-0.1, -0.05) is 147 Å². The molecule has 70 heavy (non-hydrogen) atoms. The topological polar surface area (TPSA) is 72.4 Å². The molecule has 0 spiro atoms. The van der Waals surface area contributed by atoms with Crippen LogP contribution in [0.15, 0.2) is 140 Å². The highest BCUT2D eigenvalue weighted by Crippen LogP contribution is 2.26. The first-order valence-corrected chi connectivity index (χ1v) is 29.1. The van der Waals surface area contributed by atoms with Gasteiger partial charge in [0.05, 0.1) is 14.4 Å². The highest BCUT2D eigenvalue weighted by atomic mass is 31.2. The van der Waals surface area contributed by atoms with Gasteiger partial charge in [0.25, 0.3) is 0 Å². The molecule has 0 fully saturated rings. The van der Waals surface area contributed by atoms with Crippen LogP contribution in [0.5, 0.6) is 0 Å². The minimum Gasteiger partial charge on any atom is -0.790 e. The minimum atomic E-state index is -4.86. The first-order chi connectivity index (χ1) is 33.1. The van der Waals surface area contributed by atoms with E-state index in [0.29, 0.717) is 12.3 Å². The second-order valence-corrected chi connectivity index (χ2v) is 22.7. The second kappa shape index (κ2) is 42.5. The van der Waals surface area contributed by atoms with Gasteiger partial charge < -0.3 is 18.9 Å². The van der Waals surface area contributed by atoms with Crippen molar-refractivity contribution in [2.24, 2.45) is 5.92 Å². The highest BCUT2D eigenvalue weighted by molar-refractivity contribution is 7.43. The fourth-order valence-electron chi connectivity index (χ4n) is 8.30. The van der Waals surface area contributed by atoms with Crippen LogP contribution in [0.25, 0.3) is 0 Å². The third kappa shape index (κ3) is 46.1. The standard InChI is InChI=1S/C65H109O4P/c1-53(2)27-15-28-54(3)29-16-30-55(4)31-17-32-56(5)33-18-34-57(6)35-19-36-58(7)37-20-38-59(8)39-21-40-60(9)41-22-42-61(10)43-23-44-62(11)45-24-46-63(12)47-25-48-64(13)49-26-50-65(14)51-52-69-70(66,67)68/h27,29,31,33,35,37,39,41,43,45,47,49,65H,15-26,28,30,32,34,36,38,40,42,44,46,48,50-52H2,1-14H3,(H2,66,67,68)/p-2/b54-29+,55-31+,56-33-,57-35-,58-37-,59-39-,60-41-,61-43-,62-45-,63-47-,64-49-. The molecular weight excluding hydrogens is 876 g/mol. The summed E-state index contributed by atoms with van der Waals surface area (Å²) >= 11 is 0. The van der Waals surface area contributed by atoms with Crippen molar-refractivity contribution in [3.05, 3.63) is 140 Å². The summed E-state index contributed by atoms with van der Waals surface area (Å²) in [7, 11) is -4.86. The molecule has 0 aromatic heterocycles. The summed E-state index contributed by atoms with van der Waals surface area (Å²) in [6.07, 6.45) is 56.7. The Balaban J connectivity index is 4.29. The van der Waals surface area contributed by atoms with E-state index in [1.54, 1.807) is 0 Å². The summed E-state index contributed by atoms with van der Waals surface area (Å²) < 4.78 is 14.9. The quantitative estimate of drug-likeness (QED) is 0.0453. The third-order valence-corrected chi connectivity index (χ3v) is 13.9. The maximum Gasteiger partial charge on any atom is 0.0596 e. The molecule has 0 heterocycles. The monoisotopic (exact) mass is 983 g/mol. The van der Waals surface area contributed by atoms with Gasteiger partial charge in [0.15, 0.2) is 0 Å². The van der Waals surface area contributed by atoms with E-state index in [0.717, 1.165) is 128 Å². The van der Waals surface area contributed by atoms with Crippen molar-refractivity contribution in [1.82, 2.24) is 0 Å². The van der Waals surface area contributed by atoms with Crippen molar-refractivity contribution >= 4 is 7.82 Å². The molecule has 0 saturated heterocycles. The van der Waals surface area contributed by atoms with E-state index in [9.17, 15) is 14.4 Å². The number of allylic oxidation sites excluding steroid dienone is 24. The van der Waals surface area contributed by atoms with E-state index in [4.69, 9.17) is 0 Å². The Morgan fingerprint density at radius 3 is 0.700 bits per heavy atom. The lowest BCUT2D eigenvalue weighted by Gasteiger charge is -2.29. The molecule has 1 unspecified atom stereocenters. The fraction of sp³-hybridized carbons (Fsp3) is 0.631. The summed E-state index contributed by atoms with van der Waals surface area (Å²) in [6.45, 7) is 31.5. The molecule has 0 aromatic carbocycles. The maximum absolute atomic E-state index is 10.6. The molecule has 0 aliphatic rings. The zero-order chi connectivity index (χ0) is 52.6. The molecule has 0 aliphatic heterocycles. The molecule has 5 heteroatoms. The van der Waals surface area contributed by atoms with Crippen molar-refractivity contribution in [2.75, 3.05) is 6.61 Å². The molecule has 4 nitrogen and oxygen atoms in total. The lowest BCUT2D eigenvalue weighted by molar-refractivity contribution is -0.341. The molecule has 0 radical (unpaired) electrons. The predicted molar refractivity (Wildman–Crippen MR) is 309 cm³/mol. The van der Waals surface area contributed by atoms with Crippen LogP contribution >= 0.6 is 7.82 Å². The first kappa shape index (κ1) is 67.0. The van der Waals surface area contributed by atoms with Crippen LogP contribution in [0, 0.1) is 5.92 Å². The normalized spacial score (nSPS) is 15.3.